The van der Waals surface area contributed by atoms with Crippen LogP contribution in [0.1, 0.15) is 19.3 Å². The molecule has 0 bridgehead atoms. The molecule has 0 spiro atoms. The maximum Gasteiger partial charge on any atom is 0.364 e. The Morgan fingerprint density at radius 3 is 3.06 bits per heavy atom. The number of aromatic nitrogens is 4. The molecule has 0 amide bonds. The molecule has 7 heteroatoms. The van der Waals surface area contributed by atoms with Crippen molar-refractivity contribution >= 4 is 11.5 Å². The molecule has 7 nitrogen and oxygen atoms in total. The minimum absolute atomic E-state index is 0.113. The molecule has 0 saturated heterocycles. The molecule has 0 atom stereocenters. The fourth-order valence-corrected chi connectivity index (χ4v) is 1.97. The third-order valence-corrected chi connectivity index (χ3v) is 3.24. The van der Waals surface area contributed by atoms with Crippen LogP contribution < -0.4 is 16.7 Å². The average molecular weight is 234 g/mol. The summed E-state index contributed by atoms with van der Waals surface area (Å²) in [6.07, 6.45) is 3.26. The van der Waals surface area contributed by atoms with Crippen LogP contribution in [0.15, 0.2) is 16.9 Å². The quantitative estimate of drug-likeness (QED) is 0.677. The summed E-state index contributed by atoms with van der Waals surface area (Å²) in [5.41, 5.74) is 6.15. The lowest BCUT2D eigenvalue weighted by atomic mass is 9.78. The molecule has 1 saturated carbocycles. The number of fused-ring (bicyclic) bond motifs is 1. The van der Waals surface area contributed by atoms with E-state index in [1.807, 2.05) is 0 Å². The number of nitrogens with zero attached hydrogens (tertiary/aromatic N) is 3. The summed E-state index contributed by atoms with van der Waals surface area (Å²) >= 11 is 0. The van der Waals surface area contributed by atoms with Crippen LogP contribution in [-0.2, 0) is 0 Å². The zero-order chi connectivity index (χ0) is 11.9. The Bertz CT molecular complexity index is 596. The first-order chi connectivity index (χ1) is 8.16. The van der Waals surface area contributed by atoms with Gasteiger partial charge in [0.2, 0.25) is 0 Å². The van der Waals surface area contributed by atoms with Gasteiger partial charge in [-0.1, -0.05) is 0 Å². The van der Waals surface area contributed by atoms with Crippen LogP contribution in [0.2, 0.25) is 0 Å². The molecule has 0 unspecified atom stereocenters. The fourth-order valence-electron chi connectivity index (χ4n) is 1.97. The highest BCUT2D eigenvalue weighted by molar-refractivity contribution is 5.43. The van der Waals surface area contributed by atoms with E-state index in [-0.39, 0.29) is 11.2 Å². The van der Waals surface area contributed by atoms with Crippen molar-refractivity contribution in [2.24, 2.45) is 5.73 Å². The van der Waals surface area contributed by atoms with Crippen LogP contribution >= 0.6 is 0 Å². The maximum atomic E-state index is 11.3. The van der Waals surface area contributed by atoms with E-state index in [1.54, 1.807) is 12.1 Å². The third kappa shape index (κ3) is 1.78. The van der Waals surface area contributed by atoms with Crippen LogP contribution in [0.5, 0.6) is 0 Å². The smallest absolute Gasteiger partial charge is 0.364 e. The first-order valence-electron chi connectivity index (χ1n) is 5.64. The minimum Gasteiger partial charge on any atom is -0.367 e. The summed E-state index contributed by atoms with van der Waals surface area (Å²) < 4.78 is 1.23. The Morgan fingerprint density at radius 2 is 2.35 bits per heavy atom. The summed E-state index contributed by atoms with van der Waals surface area (Å²) in [5.74, 6) is 0.637. The number of aromatic amines is 1. The molecular formula is C10H14N6O. The Labute approximate surface area is 97.0 Å². The largest absolute Gasteiger partial charge is 0.367 e. The molecule has 0 aromatic carbocycles. The molecule has 2 heterocycles. The van der Waals surface area contributed by atoms with Crippen LogP contribution in [-0.4, -0.2) is 31.9 Å². The number of hydrogen-bond donors (Lipinski definition) is 3. The molecule has 2 aromatic heterocycles. The summed E-state index contributed by atoms with van der Waals surface area (Å²) in [7, 11) is 0. The van der Waals surface area contributed by atoms with E-state index in [0.29, 0.717) is 18.0 Å². The van der Waals surface area contributed by atoms with Crippen molar-refractivity contribution in [1.82, 2.24) is 19.8 Å². The van der Waals surface area contributed by atoms with Crippen molar-refractivity contribution in [3.63, 3.8) is 0 Å². The van der Waals surface area contributed by atoms with E-state index in [2.05, 4.69) is 20.6 Å². The molecule has 17 heavy (non-hydrogen) atoms. The zero-order valence-corrected chi connectivity index (χ0v) is 9.31. The van der Waals surface area contributed by atoms with E-state index in [4.69, 9.17) is 5.73 Å². The Kier molecular flexibility index (Phi) is 2.15. The highest BCUT2D eigenvalue weighted by atomic mass is 16.2. The lowest BCUT2D eigenvalue weighted by Gasteiger charge is -2.38. The Morgan fingerprint density at radius 1 is 1.53 bits per heavy atom. The molecule has 90 valence electrons. The molecule has 3 rings (SSSR count). The maximum absolute atomic E-state index is 11.3. The predicted molar refractivity (Wildman–Crippen MR) is 62.9 cm³/mol. The molecule has 1 aliphatic carbocycles. The number of hydrogen-bond acceptors (Lipinski definition) is 5. The molecule has 1 fully saturated rings. The molecule has 4 N–H and O–H groups in total. The molecule has 2 aromatic rings. The van der Waals surface area contributed by atoms with Gasteiger partial charge in [0.25, 0.3) is 0 Å². The minimum atomic E-state index is -0.338. The van der Waals surface area contributed by atoms with Gasteiger partial charge < -0.3 is 11.1 Å². The highest BCUT2D eigenvalue weighted by Crippen LogP contribution is 2.28. The normalized spacial score (nSPS) is 17.9. The second kappa shape index (κ2) is 3.56. The predicted octanol–water partition coefficient (Wildman–Crippen LogP) is -0.289. The van der Waals surface area contributed by atoms with Crippen molar-refractivity contribution in [3.05, 3.63) is 22.6 Å². The highest BCUT2D eigenvalue weighted by Gasteiger charge is 2.32. The number of rotatable bonds is 3. The van der Waals surface area contributed by atoms with E-state index in [9.17, 15) is 4.79 Å². The Hall–Kier alpha value is -1.89. The average Bonchev–Trinajstić information content (AvgIpc) is 2.66. The van der Waals surface area contributed by atoms with Gasteiger partial charge in [-0.3, -0.25) is 0 Å². The lowest BCUT2D eigenvalue weighted by Crippen LogP contribution is -2.52. The second-order valence-corrected chi connectivity index (χ2v) is 4.59. The molecule has 0 radical (unpaired) electrons. The van der Waals surface area contributed by atoms with Crippen LogP contribution in [0, 0.1) is 0 Å². The zero-order valence-electron chi connectivity index (χ0n) is 9.31. The third-order valence-electron chi connectivity index (χ3n) is 3.24. The molecule has 0 aliphatic heterocycles. The van der Waals surface area contributed by atoms with Crippen LogP contribution in [0.25, 0.3) is 5.65 Å². The van der Waals surface area contributed by atoms with Gasteiger partial charge in [0.15, 0.2) is 5.65 Å². The fraction of sp³-hybridized carbons (Fsp3) is 0.500. The van der Waals surface area contributed by atoms with E-state index < -0.39 is 0 Å². The number of anilines is 1. The van der Waals surface area contributed by atoms with Crippen molar-refractivity contribution < 1.29 is 0 Å². The first kappa shape index (κ1) is 10.3. The molecular weight excluding hydrogens is 220 g/mol. The van der Waals surface area contributed by atoms with Gasteiger partial charge in [-0.15, -0.1) is 5.10 Å². The first-order valence-corrected chi connectivity index (χ1v) is 5.64. The van der Waals surface area contributed by atoms with Gasteiger partial charge in [-0.2, -0.15) is 9.61 Å². The van der Waals surface area contributed by atoms with Gasteiger partial charge in [0.1, 0.15) is 5.82 Å². The summed E-state index contributed by atoms with van der Waals surface area (Å²) in [5, 5.41) is 13.4. The van der Waals surface area contributed by atoms with Gasteiger partial charge in [0, 0.05) is 12.1 Å². The SMILES string of the molecule is NC1(CNc2ccc3n[nH]c(=O)n3n2)CCC1. The van der Waals surface area contributed by atoms with Crippen molar-refractivity contribution in [2.45, 2.75) is 24.8 Å². The van der Waals surface area contributed by atoms with Crippen LogP contribution in [0.4, 0.5) is 5.82 Å². The monoisotopic (exact) mass is 234 g/mol. The van der Waals surface area contributed by atoms with Gasteiger partial charge >= 0.3 is 5.69 Å². The van der Waals surface area contributed by atoms with Crippen molar-refractivity contribution in [2.75, 3.05) is 11.9 Å². The topological polar surface area (TPSA) is 101 Å². The summed E-state index contributed by atoms with van der Waals surface area (Å²) in [4.78, 5) is 11.3. The summed E-state index contributed by atoms with van der Waals surface area (Å²) in [6.45, 7) is 0.679. The van der Waals surface area contributed by atoms with Crippen molar-refractivity contribution in [1.29, 1.82) is 0 Å². The standard InChI is InChI=1S/C10H14N6O/c11-10(4-1-5-10)6-12-7-2-3-8-13-14-9(17)16(8)15-7/h2-3H,1,4-6,11H2,(H,12,15)(H,14,17). The Balaban J connectivity index is 1.80. The van der Waals surface area contributed by atoms with Crippen LogP contribution in [0.3, 0.4) is 0 Å². The van der Waals surface area contributed by atoms with E-state index in [0.717, 1.165) is 12.8 Å². The summed E-state index contributed by atoms with van der Waals surface area (Å²) in [6, 6.07) is 3.52. The number of nitrogens with two attached hydrogens (primary N) is 1. The van der Waals surface area contributed by atoms with E-state index >= 15 is 0 Å². The van der Waals surface area contributed by atoms with Gasteiger partial charge in [0.05, 0.1) is 0 Å². The lowest BCUT2D eigenvalue weighted by molar-refractivity contribution is 0.265. The molecule has 1 aliphatic rings. The van der Waals surface area contributed by atoms with Gasteiger partial charge in [-0.05, 0) is 31.4 Å². The van der Waals surface area contributed by atoms with E-state index in [1.165, 1.54) is 10.9 Å². The number of nitrogens with one attached hydrogen (secondary N) is 2. The number of H-pyrrole nitrogens is 1. The van der Waals surface area contributed by atoms with Gasteiger partial charge in [-0.25, -0.2) is 9.89 Å². The van der Waals surface area contributed by atoms with Crippen molar-refractivity contribution in [3.8, 4) is 0 Å². The second-order valence-electron chi connectivity index (χ2n) is 4.59.